The zero-order chi connectivity index (χ0) is 11.3. The lowest BCUT2D eigenvalue weighted by molar-refractivity contribution is -0.0367. The van der Waals surface area contributed by atoms with E-state index < -0.39 is 0 Å². The molecule has 3 rings (SSSR count). The molecule has 3 saturated carbocycles. The number of methoxy groups -OCH3 is 1. The van der Waals surface area contributed by atoms with Crippen LogP contribution in [0.25, 0.3) is 0 Å². The van der Waals surface area contributed by atoms with Crippen LogP contribution < -0.4 is 0 Å². The smallest absolute Gasteiger partial charge is 0.124 e. The van der Waals surface area contributed by atoms with Gasteiger partial charge in [-0.25, -0.2) is 0 Å². The predicted molar refractivity (Wildman–Crippen MR) is 59.7 cm³/mol. The molecule has 0 amide bonds. The van der Waals surface area contributed by atoms with Crippen molar-refractivity contribution < 1.29 is 14.6 Å². The molecular weight excluding hydrogens is 204 g/mol. The Labute approximate surface area is 96.4 Å². The molecule has 0 aromatic rings. The van der Waals surface area contributed by atoms with Crippen molar-refractivity contribution in [3.8, 4) is 0 Å². The van der Waals surface area contributed by atoms with Crippen LogP contribution in [-0.4, -0.2) is 30.5 Å². The van der Waals surface area contributed by atoms with E-state index in [1.54, 1.807) is 7.11 Å². The van der Waals surface area contributed by atoms with Crippen molar-refractivity contribution in [2.75, 3.05) is 7.11 Å². The summed E-state index contributed by atoms with van der Waals surface area (Å²) in [6.45, 7) is 3.63. The van der Waals surface area contributed by atoms with E-state index in [0.29, 0.717) is 23.7 Å². The normalized spacial score (nSPS) is 54.0. The quantitative estimate of drug-likeness (QED) is 0.739. The van der Waals surface area contributed by atoms with Crippen molar-refractivity contribution >= 4 is 0 Å². The second kappa shape index (κ2) is 3.74. The van der Waals surface area contributed by atoms with E-state index >= 15 is 0 Å². The number of hydrogen-bond acceptors (Lipinski definition) is 3. The summed E-state index contributed by atoms with van der Waals surface area (Å²) in [5.41, 5.74) is 0. The summed E-state index contributed by atoms with van der Waals surface area (Å²) in [7, 11) is 1.77. The Morgan fingerprint density at radius 3 is 2.75 bits per heavy atom. The first kappa shape index (κ1) is 10.6. The van der Waals surface area contributed by atoms with Crippen molar-refractivity contribution in [1.29, 1.82) is 0 Å². The molecule has 0 spiro atoms. The van der Waals surface area contributed by atoms with Gasteiger partial charge in [0.05, 0.1) is 18.5 Å². The van der Waals surface area contributed by atoms with E-state index in [2.05, 4.69) is 6.58 Å². The van der Waals surface area contributed by atoms with Gasteiger partial charge in [0.1, 0.15) is 6.10 Å². The van der Waals surface area contributed by atoms with Gasteiger partial charge in [-0.3, -0.25) is 0 Å². The fourth-order valence-electron chi connectivity index (χ4n) is 4.56. The Hall–Kier alpha value is -0.540. The lowest BCUT2D eigenvalue weighted by Gasteiger charge is -2.30. The molecule has 3 fully saturated rings. The molecule has 7 atom stereocenters. The van der Waals surface area contributed by atoms with Crippen LogP contribution in [0.5, 0.6) is 0 Å². The van der Waals surface area contributed by atoms with Gasteiger partial charge in [0.2, 0.25) is 0 Å². The highest BCUT2D eigenvalue weighted by Gasteiger charge is 2.60. The van der Waals surface area contributed by atoms with Crippen LogP contribution in [0.15, 0.2) is 12.8 Å². The van der Waals surface area contributed by atoms with Crippen molar-refractivity contribution in [2.45, 2.75) is 37.6 Å². The molecule has 2 bridgehead atoms. The molecule has 1 N–H and O–H groups in total. The molecule has 3 nitrogen and oxygen atoms in total. The van der Waals surface area contributed by atoms with Crippen LogP contribution in [0, 0.1) is 23.7 Å². The number of hydrogen-bond donors (Lipinski definition) is 1. The molecule has 3 aliphatic carbocycles. The lowest BCUT2D eigenvalue weighted by atomic mass is 9.79. The van der Waals surface area contributed by atoms with Crippen LogP contribution in [0.3, 0.4) is 0 Å². The highest BCUT2D eigenvalue weighted by molar-refractivity contribution is 5.09. The Morgan fingerprint density at radius 2 is 2.06 bits per heavy atom. The number of aliphatic hydroxyl groups is 1. The summed E-state index contributed by atoms with van der Waals surface area (Å²) in [5.74, 6) is 2.34. The van der Waals surface area contributed by atoms with Crippen molar-refractivity contribution in [3.05, 3.63) is 12.8 Å². The first-order valence-corrected chi connectivity index (χ1v) is 6.23. The Balaban J connectivity index is 1.81. The lowest BCUT2D eigenvalue weighted by Crippen LogP contribution is -2.35. The van der Waals surface area contributed by atoms with E-state index in [0.717, 1.165) is 12.8 Å². The van der Waals surface area contributed by atoms with Gasteiger partial charge in [0.15, 0.2) is 0 Å². The maximum absolute atomic E-state index is 9.94. The number of ether oxygens (including phenoxy) is 2. The minimum Gasteiger partial charge on any atom is -0.496 e. The highest BCUT2D eigenvalue weighted by Crippen LogP contribution is 2.59. The summed E-state index contributed by atoms with van der Waals surface area (Å²) in [6.07, 6.45) is 4.97. The molecule has 16 heavy (non-hydrogen) atoms. The van der Waals surface area contributed by atoms with Gasteiger partial charge >= 0.3 is 0 Å². The molecule has 3 aliphatic rings. The van der Waals surface area contributed by atoms with Crippen molar-refractivity contribution in [1.82, 2.24) is 0 Å². The second-order valence-corrected chi connectivity index (χ2v) is 5.48. The summed E-state index contributed by atoms with van der Waals surface area (Å²) in [5, 5.41) is 9.94. The first-order valence-electron chi connectivity index (χ1n) is 6.23. The molecule has 0 saturated heterocycles. The van der Waals surface area contributed by atoms with Gasteiger partial charge < -0.3 is 14.6 Å². The van der Waals surface area contributed by atoms with Gasteiger partial charge in [-0.05, 0) is 42.9 Å². The molecule has 0 heterocycles. The number of rotatable bonds is 3. The molecule has 0 aromatic carbocycles. The Morgan fingerprint density at radius 1 is 1.25 bits per heavy atom. The van der Waals surface area contributed by atoms with Crippen molar-refractivity contribution in [2.24, 2.45) is 23.7 Å². The van der Waals surface area contributed by atoms with Crippen LogP contribution in [0.4, 0.5) is 0 Å². The average Bonchev–Trinajstić information content (AvgIpc) is 2.87. The first-order chi connectivity index (χ1) is 7.76. The molecule has 0 aromatic heterocycles. The van der Waals surface area contributed by atoms with E-state index in [4.69, 9.17) is 9.47 Å². The molecular formula is C13H20O3. The molecule has 7 unspecified atom stereocenters. The molecule has 3 heteroatoms. The third-order valence-corrected chi connectivity index (χ3v) is 5.00. The SMILES string of the molecule is C=COC1CC2C3CC(CC3O)C2C1OC. The van der Waals surface area contributed by atoms with E-state index in [1.165, 1.54) is 12.7 Å². The Kier molecular flexibility index (Phi) is 2.48. The summed E-state index contributed by atoms with van der Waals surface area (Å²) < 4.78 is 11.2. The maximum atomic E-state index is 9.94. The third-order valence-electron chi connectivity index (χ3n) is 5.00. The molecule has 0 radical (unpaired) electrons. The average molecular weight is 224 g/mol. The second-order valence-electron chi connectivity index (χ2n) is 5.48. The van der Waals surface area contributed by atoms with Gasteiger partial charge in [-0.2, -0.15) is 0 Å². The fraction of sp³-hybridized carbons (Fsp3) is 0.846. The number of fused-ring (bicyclic) bond motifs is 5. The minimum absolute atomic E-state index is 0.0776. The topological polar surface area (TPSA) is 38.7 Å². The van der Waals surface area contributed by atoms with Gasteiger partial charge in [-0.1, -0.05) is 6.58 Å². The fourth-order valence-corrected chi connectivity index (χ4v) is 4.56. The van der Waals surface area contributed by atoms with Crippen LogP contribution in [-0.2, 0) is 9.47 Å². The van der Waals surface area contributed by atoms with E-state index in [1.807, 2.05) is 0 Å². The number of aliphatic hydroxyl groups excluding tert-OH is 1. The van der Waals surface area contributed by atoms with Crippen LogP contribution in [0.2, 0.25) is 0 Å². The zero-order valence-corrected chi connectivity index (χ0v) is 9.71. The Bertz CT molecular complexity index is 291. The maximum Gasteiger partial charge on any atom is 0.124 e. The standard InChI is InChI=1S/C13H20O3/c1-3-16-11-6-9-8-4-7(5-10(8)14)12(9)13(11)15-2/h3,7-14H,1,4-6H2,2H3. The molecule has 90 valence electrons. The van der Waals surface area contributed by atoms with Gasteiger partial charge in [0.25, 0.3) is 0 Å². The van der Waals surface area contributed by atoms with Crippen molar-refractivity contribution in [3.63, 3.8) is 0 Å². The molecule has 0 aliphatic heterocycles. The zero-order valence-electron chi connectivity index (χ0n) is 9.71. The van der Waals surface area contributed by atoms with Crippen LogP contribution >= 0.6 is 0 Å². The predicted octanol–water partition coefficient (Wildman–Crippen LogP) is 1.57. The van der Waals surface area contributed by atoms with E-state index in [-0.39, 0.29) is 18.3 Å². The monoisotopic (exact) mass is 224 g/mol. The van der Waals surface area contributed by atoms with Gasteiger partial charge in [0, 0.05) is 7.11 Å². The highest BCUT2D eigenvalue weighted by atomic mass is 16.5. The van der Waals surface area contributed by atoms with Crippen LogP contribution in [0.1, 0.15) is 19.3 Å². The summed E-state index contributed by atoms with van der Waals surface area (Å²) >= 11 is 0. The van der Waals surface area contributed by atoms with Gasteiger partial charge in [-0.15, -0.1) is 0 Å². The summed E-state index contributed by atoms with van der Waals surface area (Å²) in [6, 6.07) is 0. The minimum atomic E-state index is -0.0776. The van der Waals surface area contributed by atoms with E-state index in [9.17, 15) is 5.11 Å². The largest absolute Gasteiger partial charge is 0.496 e. The third kappa shape index (κ3) is 1.28. The summed E-state index contributed by atoms with van der Waals surface area (Å²) in [4.78, 5) is 0.